The van der Waals surface area contributed by atoms with Crippen LogP contribution < -0.4 is 10.5 Å². The first kappa shape index (κ1) is 15.9. The van der Waals surface area contributed by atoms with E-state index in [1.807, 2.05) is 12.1 Å². The maximum absolute atomic E-state index is 5.74. The lowest BCUT2D eigenvalue weighted by molar-refractivity contribution is 0.275. The predicted molar refractivity (Wildman–Crippen MR) is 84.7 cm³/mol. The minimum Gasteiger partial charge on any atom is -0.496 e. The normalized spacial score (nSPS) is 10.7. The van der Waals surface area contributed by atoms with Gasteiger partial charge in [-0.05, 0) is 37.2 Å². The van der Waals surface area contributed by atoms with Crippen molar-refractivity contribution in [1.82, 2.24) is 4.90 Å². The predicted octanol–water partition coefficient (Wildman–Crippen LogP) is 2.95. The number of methoxy groups -OCH3 is 1. The van der Waals surface area contributed by atoms with Crippen molar-refractivity contribution in [1.29, 1.82) is 0 Å². The summed E-state index contributed by atoms with van der Waals surface area (Å²) < 4.78 is 5.28. The van der Waals surface area contributed by atoms with Crippen LogP contribution in [0.5, 0.6) is 5.75 Å². The summed E-state index contributed by atoms with van der Waals surface area (Å²) in [6.07, 6.45) is 2.45. The Kier molecular flexibility index (Phi) is 6.81. The van der Waals surface area contributed by atoms with E-state index in [4.69, 9.17) is 22.7 Å². The van der Waals surface area contributed by atoms with Crippen LogP contribution in [-0.4, -0.2) is 30.1 Å². The highest BCUT2D eigenvalue weighted by atomic mass is 32.1. The number of benzene rings is 1. The molecule has 0 aliphatic heterocycles. The van der Waals surface area contributed by atoms with Gasteiger partial charge in [-0.25, -0.2) is 0 Å². The SMILES string of the molecule is CCCCN(CC)Cc1ccc(OC)c(C(N)=S)c1. The highest BCUT2D eigenvalue weighted by Gasteiger charge is 2.09. The van der Waals surface area contributed by atoms with Crippen molar-refractivity contribution < 1.29 is 4.74 Å². The first-order chi connectivity index (χ1) is 9.12. The van der Waals surface area contributed by atoms with Crippen molar-refractivity contribution in [2.24, 2.45) is 5.73 Å². The highest BCUT2D eigenvalue weighted by Crippen LogP contribution is 2.20. The molecule has 0 aliphatic carbocycles. The summed E-state index contributed by atoms with van der Waals surface area (Å²) in [6.45, 7) is 7.51. The third-order valence-electron chi connectivity index (χ3n) is 3.21. The summed E-state index contributed by atoms with van der Waals surface area (Å²) in [7, 11) is 1.64. The van der Waals surface area contributed by atoms with Gasteiger partial charge in [0, 0.05) is 6.54 Å². The molecular weight excluding hydrogens is 256 g/mol. The van der Waals surface area contributed by atoms with Gasteiger partial charge >= 0.3 is 0 Å². The fourth-order valence-corrected chi connectivity index (χ4v) is 2.19. The Labute approximate surface area is 121 Å². The zero-order valence-electron chi connectivity index (χ0n) is 12.1. The Bertz CT molecular complexity index is 421. The molecule has 19 heavy (non-hydrogen) atoms. The summed E-state index contributed by atoms with van der Waals surface area (Å²) in [5.41, 5.74) is 7.78. The second-order valence-corrected chi connectivity index (χ2v) is 5.06. The minimum absolute atomic E-state index is 0.385. The molecule has 106 valence electrons. The summed E-state index contributed by atoms with van der Waals surface area (Å²) in [4.78, 5) is 2.81. The van der Waals surface area contributed by atoms with Crippen LogP contribution in [0.25, 0.3) is 0 Å². The molecule has 0 spiro atoms. The lowest BCUT2D eigenvalue weighted by Gasteiger charge is -2.20. The Balaban J connectivity index is 2.83. The Morgan fingerprint density at radius 2 is 2.11 bits per heavy atom. The number of nitrogens with zero attached hydrogens (tertiary/aromatic N) is 1. The molecule has 0 saturated heterocycles. The van der Waals surface area contributed by atoms with E-state index in [1.165, 1.54) is 18.4 Å². The minimum atomic E-state index is 0.385. The Morgan fingerprint density at radius 3 is 2.63 bits per heavy atom. The first-order valence-electron chi connectivity index (χ1n) is 6.81. The topological polar surface area (TPSA) is 38.5 Å². The maximum atomic E-state index is 5.74. The van der Waals surface area contributed by atoms with E-state index in [0.29, 0.717) is 4.99 Å². The van der Waals surface area contributed by atoms with Gasteiger partial charge in [0.1, 0.15) is 10.7 Å². The zero-order chi connectivity index (χ0) is 14.3. The molecule has 3 nitrogen and oxygen atoms in total. The molecule has 0 fully saturated rings. The van der Waals surface area contributed by atoms with Crippen molar-refractivity contribution in [3.05, 3.63) is 29.3 Å². The second-order valence-electron chi connectivity index (χ2n) is 4.62. The van der Waals surface area contributed by atoms with Crippen LogP contribution >= 0.6 is 12.2 Å². The van der Waals surface area contributed by atoms with Crippen molar-refractivity contribution in [3.63, 3.8) is 0 Å². The van der Waals surface area contributed by atoms with Gasteiger partial charge in [0.2, 0.25) is 0 Å². The molecule has 0 saturated carbocycles. The molecule has 0 unspecified atom stereocenters. The highest BCUT2D eigenvalue weighted by molar-refractivity contribution is 7.80. The van der Waals surface area contributed by atoms with Gasteiger partial charge in [-0.1, -0.05) is 38.6 Å². The van der Waals surface area contributed by atoms with E-state index >= 15 is 0 Å². The van der Waals surface area contributed by atoms with Gasteiger partial charge in [0.25, 0.3) is 0 Å². The zero-order valence-corrected chi connectivity index (χ0v) is 12.9. The molecule has 0 atom stereocenters. The molecule has 0 heterocycles. The fraction of sp³-hybridized carbons (Fsp3) is 0.533. The molecule has 1 rings (SSSR count). The number of thiocarbonyl (C=S) groups is 1. The van der Waals surface area contributed by atoms with Crippen LogP contribution in [0, 0.1) is 0 Å². The van der Waals surface area contributed by atoms with Crippen molar-refractivity contribution in [2.75, 3.05) is 20.2 Å². The average molecular weight is 280 g/mol. The average Bonchev–Trinajstić information content (AvgIpc) is 2.43. The standard InChI is InChI=1S/C15H24N2OS/c1-4-6-9-17(5-2)11-12-7-8-14(18-3)13(10-12)15(16)19/h7-8,10H,4-6,9,11H2,1-3H3,(H2,16,19). The molecule has 1 aromatic carbocycles. The van der Waals surface area contributed by atoms with Gasteiger partial charge in [-0.2, -0.15) is 0 Å². The monoisotopic (exact) mass is 280 g/mol. The van der Waals surface area contributed by atoms with E-state index in [2.05, 4.69) is 24.8 Å². The Hall–Kier alpha value is -1.13. The molecule has 4 heteroatoms. The molecule has 0 aliphatic rings. The van der Waals surface area contributed by atoms with Gasteiger partial charge in [0.05, 0.1) is 12.7 Å². The second kappa shape index (κ2) is 8.12. The molecular formula is C15H24N2OS. The van der Waals surface area contributed by atoms with E-state index in [0.717, 1.165) is 30.9 Å². The smallest absolute Gasteiger partial charge is 0.129 e. The van der Waals surface area contributed by atoms with Crippen LogP contribution in [0.3, 0.4) is 0 Å². The number of nitrogens with two attached hydrogens (primary N) is 1. The van der Waals surface area contributed by atoms with E-state index in [1.54, 1.807) is 7.11 Å². The number of hydrogen-bond donors (Lipinski definition) is 1. The summed E-state index contributed by atoms with van der Waals surface area (Å²) in [6, 6.07) is 6.06. The van der Waals surface area contributed by atoms with Gasteiger partial charge < -0.3 is 10.5 Å². The van der Waals surface area contributed by atoms with Crippen LogP contribution in [-0.2, 0) is 6.54 Å². The number of unbranched alkanes of at least 4 members (excludes halogenated alkanes) is 1. The van der Waals surface area contributed by atoms with Gasteiger partial charge in [-0.15, -0.1) is 0 Å². The lowest BCUT2D eigenvalue weighted by atomic mass is 10.1. The van der Waals surface area contributed by atoms with E-state index < -0.39 is 0 Å². The quantitative estimate of drug-likeness (QED) is 0.743. The third kappa shape index (κ3) is 4.80. The third-order valence-corrected chi connectivity index (χ3v) is 3.43. The van der Waals surface area contributed by atoms with Crippen LogP contribution in [0.4, 0.5) is 0 Å². The number of hydrogen-bond acceptors (Lipinski definition) is 3. The molecule has 0 amide bonds. The molecule has 0 aromatic heterocycles. The molecule has 1 aromatic rings. The fourth-order valence-electron chi connectivity index (χ4n) is 2.03. The van der Waals surface area contributed by atoms with Crippen LogP contribution in [0.15, 0.2) is 18.2 Å². The summed E-state index contributed by atoms with van der Waals surface area (Å²) >= 11 is 5.07. The summed E-state index contributed by atoms with van der Waals surface area (Å²) in [5, 5.41) is 0. The lowest BCUT2D eigenvalue weighted by Crippen LogP contribution is -2.24. The largest absolute Gasteiger partial charge is 0.496 e. The van der Waals surface area contributed by atoms with Crippen molar-refractivity contribution in [3.8, 4) is 5.75 Å². The van der Waals surface area contributed by atoms with E-state index in [-0.39, 0.29) is 0 Å². The van der Waals surface area contributed by atoms with Crippen LogP contribution in [0.1, 0.15) is 37.8 Å². The number of ether oxygens (including phenoxy) is 1. The summed E-state index contributed by atoms with van der Waals surface area (Å²) in [5.74, 6) is 0.743. The first-order valence-corrected chi connectivity index (χ1v) is 7.22. The van der Waals surface area contributed by atoms with E-state index in [9.17, 15) is 0 Å². The van der Waals surface area contributed by atoms with Crippen molar-refractivity contribution in [2.45, 2.75) is 33.2 Å². The molecule has 0 bridgehead atoms. The van der Waals surface area contributed by atoms with Gasteiger partial charge in [0.15, 0.2) is 0 Å². The van der Waals surface area contributed by atoms with Crippen LogP contribution in [0.2, 0.25) is 0 Å². The van der Waals surface area contributed by atoms with Gasteiger partial charge in [-0.3, -0.25) is 4.90 Å². The Morgan fingerprint density at radius 1 is 1.37 bits per heavy atom. The maximum Gasteiger partial charge on any atom is 0.129 e. The molecule has 0 radical (unpaired) electrons. The number of rotatable bonds is 8. The molecule has 2 N–H and O–H groups in total. The van der Waals surface area contributed by atoms with Crippen molar-refractivity contribution >= 4 is 17.2 Å².